The van der Waals surface area contributed by atoms with Crippen molar-refractivity contribution in [2.75, 3.05) is 0 Å². The number of benzene rings is 1. The molecule has 1 aliphatic rings. The van der Waals surface area contributed by atoms with Crippen LogP contribution in [0.1, 0.15) is 44.6 Å². The summed E-state index contributed by atoms with van der Waals surface area (Å²) in [5.41, 5.74) is 0.530. The van der Waals surface area contributed by atoms with Gasteiger partial charge in [0.05, 0.1) is 11.6 Å². The minimum Gasteiger partial charge on any atom is -0.481 e. The summed E-state index contributed by atoms with van der Waals surface area (Å²) in [5, 5.41) is 11.9. The molecule has 1 saturated carbocycles. The quantitative estimate of drug-likeness (QED) is 0.916. The van der Waals surface area contributed by atoms with Crippen molar-refractivity contribution in [3.05, 3.63) is 29.8 Å². The molecule has 0 bridgehead atoms. The van der Waals surface area contributed by atoms with Gasteiger partial charge in [0.2, 0.25) is 0 Å². The highest BCUT2D eigenvalue weighted by atomic mass is 16.5. The zero-order valence-corrected chi connectivity index (χ0v) is 11.8. The first kappa shape index (κ1) is 14.4. The molecule has 0 aliphatic heterocycles. The summed E-state index contributed by atoms with van der Waals surface area (Å²) in [6.07, 6.45) is 5.20. The summed E-state index contributed by atoms with van der Waals surface area (Å²) in [6, 6.07) is 9.20. The number of nitrogens with zero attached hydrogens (tertiary/aromatic N) is 1. The Morgan fingerprint density at radius 3 is 2.85 bits per heavy atom. The van der Waals surface area contributed by atoms with E-state index < -0.39 is 6.10 Å². The van der Waals surface area contributed by atoms with Gasteiger partial charge >= 0.3 is 0 Å². The van der Waals surface area contributed by atoms with Gasteiger partial charge < -0.3 is 10.1 Å². The lowest BCUT2D eigenvalue weighted by Crippen LogP contribution is -2.43. The topological polar surface area (TPSA) is 62.1 Å². The standard InChI is InChI=1S/C16H20N2O2/c1-12(16(19)18-14-7-3-2-4-8-14)20-15-9-5-6-13(10-15)11-17/h5-6,9-10,12,14H,2-4,7-8H2,1H3,(H,18,19). The van der Waals surface area contributed by atoms with Gasteiger partial charge in [-0.25, -0.2) is 0 Å². The molecule has 1 aromatic carbocycles. The summed E-state index contributed by atoms with van der Waals surface area (Å²) in [6.45, 7) is 1.73. The van der Waals surface area contributed by atoms with Crippen molar-refractivity contribution in [1.29, 1.82) is 5.26 Å². The monoisotopic (exact) mass is 272 g/mol. The Balaban J connectivity index is 1.88. The lowest BCUT2D eigenvalue weighted by molar-refractivity contribution is -0.128. The molecule has 106 valence electrons. The Kier molecular flexibility index (Phi) is 5.00. The second kappa shape index (κ2) is 6.95. The number of nitriles is 1. The number of rotatable bonds is 4. The number of ether oxygens (including phenoxy) is 1. The number of hydrogen-bond acceptors (Lipinski definition) is 3. The first-order valence-corrected chi connectivity index (χ1v) is 7.16. The van der Waals surface area contributed by atoms with E-state index in [1.807, 2.05) is 0 Å². The van der Waals surface area contributed by atoms with Crippen molar-refractivity contribution in [2.45, 2.75) is 51.2 Å². The van der Waals surface area contributed by atoms with E-state index in [0.717, 1.165) is 12.8 Å². The largest absolute Gasteiger partial charge is 0.481 e. The lowest BCUT2D eigenvalue weighted by atomic mass is 9.95. The van der Waals surface area contributed by atoms with E-state index in [1.165, 1.54) is 19.3 Å². The molecule has 0 spiro atoms. The lowest BCUT2D eigenvalue weighted by Gasteiger charge is -2.24. The van der Waals surface area contributed by atoms with Gasteiger partial charge in [-0.15, -0.1) is 0 Å². The Morgan fingerprint density at radius 1 is 1.40 bits per heavy atom. The molecule has 0 radical (unpaired) electrons. The SMILES string of the molecule is CC(Oc1cccc(C#N)c1)C(=O)NC1CCCCC1. The molecule has 1 amide bonds. The van der Waals surface area contributed by atoms with Crippen LogP contribution in [0.3, 0.4) is 0 Å². The third-order valence-electron chi connectivity index (χ3n) is 3.60. The number of carbonyl (C=O) groups excluding carboxylic acids is 1. The smallest absolute Gasteiger partial charge is 0.260 e. The van der Waals surface area contributed by atoms with E-state index in [2.05, 4.69) is 11.4 Å². The molecular formula is C16H20N2O2. The molecule has 1 aliphatic carbocycles. The second-order valence-corrected chi connectivity index (χ2v) is 5.24. The minimum absolute atomic E-state index is 0.0840. The summed E-state index contributed by atoms with van der Waals surface area (Å²) in [4.78, 5) is 12.1. The van der Waals surface area contributed by atoms with E-state index in [1.54, 1.807) is 31.2 Å². The van der Waals surface area contributed by atoms with Gasteiger partial charge in [-0.3, -0.25) is 4.79 Å². The van der Waals surface area contributed by atoms with E-state index in [9.17, 15) is 4.79 Å². The predicted octanol–water partition coefficient (Wildman–Crippen LogP) is 2.77. The number of carbonyl (C=O) groups is 1. The molecule has 0 heterocycles. The Hall–Kier alpha value is -2.02. The Morgan fingerprint density at radius 2 is 2.15 bits per heavy atom. The van der Waals surface area contributed by atoms with Crippen molar-refractivity contribution in [1.82, 2.24) is 5.32 Å². The van der Waals surface area contributed by atoms with Gasteiger partial charge in [-0.05, 0) is 38.0 Å². The molecule has 1 unspecified atom stereocenters. The van der Waals surface area contributed by atoms with Crippen LogP contribution >= 0.6 is 0 Å². The fraction of sp³-hybridized carbons (Fsp3) is 0.500. The van der Waals surface area contributed by atoms with Gasteiger partial charge in [-0.1, -0.05) is 25.3 Å². The van der Waals surface area contributed by atoms with Crippen LogP contribution in [0.15, 0.2) is 24.3 Å². The van der Waals surface area contributed by atoms with Gasteiger partial charge in [0.1, 0.15) is 5.75 Å². The van der Waals surface area contributed by atoms with Crippen molar-refractivity contribution in [2.24, 2.45) is 0 Å². The van der Waals surface area contributed by atoms with Gasteiger partial charge in [-0.2, -0.15) is 5.26 Å². The molecule has 1 atom stereocenters. The predicted molar refractivity (Wildman–Crippen MR) is 76.3 cm³/mol. The minimum atomic E-state index is -0.550. The van der Waals surface area contributed by atoms with Crippen LogP contribution in [0.2, 0.25) is 0 Å². The van der Waals surface area contributed by atoms with Crippen LogP contribution in [-0.4, -0.2) is 18.1 Å². The summed E-state index contributed by atoms with van der Waals surface area (Å²) in [5.74, 6) is 0.467. The molecule has 1 fully saturated rings. The van der Waals surface area contributed by atoms with Crippen LogP contribution in [-0.2, 0) is 4.79 Å². The van der Waals surface area contributed by atoms with E-state index in [4.69, 9.17) is 10.00 Å². The van der Waals surface area contributed by atoms with Crippen LogP contribution in [0, 0.1) is 11.3 Å². The van der Waals surface area contributed by atoms with E-state index in [-0.39, 0.29) is 11.9 Å². The molecule has 1 aromatic rings. The van der Waals surface area contributed by atoms with Gasteiger partial charge in [0.15, 0.2) is 6.10 Å². The van der Waals surface area contributed by atoms with Crippen LogP contribution in [0.4, 0.5) is 0 Å². The molecule has 0 aromatic heterocycles. The molecule has 4 heteroatoms. The highest BCUT2D eigenvalue weighted by Gasteiger charge is 2.20. The third-order valence-corrected chi connectivity index (χ3v) is 3.60. The summed E-state index contributed by atoms with van der Waals surface area (Å²) >= 11 is 0. The molecule has 0 saturated heterocycles. The average molecular weight is 272 g/mol. The maximum Gasteiger partial charge on any atom is 0.260 e. The van der Waals surface area contributed by atoms with E-state index in [0.29, 0.717) is 11.3 Å². The van der Waals surface area contributed by atoms with E-state index >= 15 is 0 Å². The molecule has 1 N–H and O–H groups in total. The zero-order chi connectivity index (χ0) is 14.4. The molecule has 2 rings (SSSR count). The zero-order valence-electron chi connectivity index (χ0n) is 11.8. The van der Waals surface area contributed by atoms with Crippen molar-refractivity contribution >= 4 is 5.91 Å². The molecule has 4 nitrogen and oxygen atoms in total. The highest BCUT2D eigenvalue weighted by molar-refractivity contribution is 5.81. The third kappa shape index (κ3) is 3.99. The number of hydrogen-bond donors (Lipinski definition) is 1. The van der Waals surface area contributed by atoms with Crippen molar-refractivity contribution in [3.63, 3.8) is 0 Å². The Labute approximate surface area is 119 Å². The molecule has 20 heavy (non-hydrogen) atoms. The maximum absolute atomic E-state index is 12.1. The highest BCUT2D eigenvalue weighted by Crippen LogP contribution is 2.18. The fourth-order valence-electron chi connectivity index (χ4n) is 2.46. The fourth-order valence-corrected chi connectivity index (χ4v) is 2.46. The van der Waals surface area contributed by atoms with Gasteiger partial charge in [0.25, 0.3) is 5.91 Å². The second-order valence-electron chi connectivity index (χ2n) is 5.24. The summed E-state index contributed by atoms with van der Waals surface area (Å²) < 4.78 is 5.60. The van der Waals surface area contributed by atoms with Crippen molar-refractivity contribution < 1.29 is 9.53 Å². The maximum atomic E-state index is 12.1. The van der Waals surface area contributed by atoms with Crippen LogP contribution in [0.5, 0.6) is 5.75 Å². The van der Waals surface area contributed by atoms with Crippen molar-refractivity contribution in [3.8, 4) is 11.8 Å². The summed E-state index contributed by atoms with van der Waals surface area (Å²) in [7, 11) is 0. The van der Waals surface area contributed by atoms with Gasteiger partial charge in [0, 0.05) is 6.04 Å². The van der Waals surface area contributed by atoms with Crippen LogP contribution < -0.4 is 10.1 Å². The number of nitrogens with one attached hydrogen (secondary N) is 1. The normalized spacial score (nSPS) is 17.0. The first-order valence-electron chi connectivity index (χ1n) is 7.16. The first-order chi connectivity index (χ1) is 9.69. The van der Waals surface area contributed by atoms with Crippen LogP contribution in [0.25, 0.3) is 0 Å². The molecular weight excluding hydrogens is 252 g/mol. The number of amides is 1. The Bertz CT molecular complexity index is 501. The average Bonchev–Trinajstić information content (AvgIpc) is 2.48.